The summed E-state index contributed by atoms with van der Waals surface area (Å²) in [6.07, 6.45) is 0.958. The number of fused-ring (bicyclic) bond motifs is 1. The molecule has 0 aliphatic rings. The molecule has 194 valence electrons. The van der Waals surface area contributed by atoms with Crippen molar-refractivity contribution < 1.29 is 22.7 Å². The molecule has 1 aromatic heterocycles. The maximum atomic E-state index is 13.4. The third-order valence-corrected chi connectivity index (χ3v) is 8.27. The Bertz CT molecular complexity index is 1510. The van der Waals surface area contributed by atoms with Crippen molar-refractivity contribution >= 4 is 38.4 Å². The number of para-hydroxylation sites is 2. The van der Waals surface area contributed by atoms with Crippen molar-refractivity contribution in [1.82, 2.24) is 3.97 Å². The Morgan fingerprint density at radius 2 is 1.54 bits per heavy atom. The lowest BCUT2D eigenvalue weighted by Crippen LogP contribution is -2.27. The third kappa shape index (κ3) is 5.92. The molecule has 0 aliphatic heterocycles. The molecule has 0 bridgehead atoms. The van der Waals surface area contributed by atoms with Crippen LogP contribution in [0.1, 0.15) is 33.6 Å². The van der Waals surface area contributed by atoms with Crippen LogP contribution in [0.4, 0.5) is 0 Å². The van der Waals surface area contributed by atoms with Gasteiger partial charge in [0.1, 0.15) is 29.6 Å². The first-order chi connectivity index (χ1) is 17.7. The minimum Gasteiger partial charge on any atom is -0.494 e. The van der Waals surface area contributed by atoms with Crippen LogP contribution in [0, 0.1) is 13.8 Å². The second-order valence-corrected chi connectivity index (χ2v) is 11.1. The average Bonchev–Trinajstić information content (AvgIpc) is 3.21. The van der Waals surface area contributed by atoms with Crippen LogP contribution in [0.5, 0.6) is 11.5 Å². The normalized spacial score (nSPS) is 11.5. The summed E-state index contributed by atoms with van der Waals surface area (Å²) in [5.74, 6) is 0.150. The van der Waals surface area contributed by atoms with Gasteiger partial charge in [0.05, 0.1) is 12.1 Å². The highest BCUT2D eigenvalue weighted by Crippen LogP contribution is 2.30. The standard InChI is InChI=1S/C28H29ClN2O5S/c1-19-17-22(18-20(2)26(19)29)35-14-8-12-24-23-11-6-7-13-25(23)31(27(24)28(30)32)37(33,34)16-15-36-21-9-4-3-5-10-21/h3-7,9-11,13,17-18H,8,12,14-16H2,1-2H3,(H2,30,32). The Morgan fingerprint density at radius 3 is 2.22 bits per heavy atom. The number of ether oxygens (including phenoxy) is 2. The van der Waals surface area contributed by atoms with Gasteiger partial charge >= 0.3 is 0 Å². The van der Waals surface area contributed by atoms with Crippen LogP contribution in [-0.4, -0.2) is 37.3 Å². The fourth-order valence-corrected chi connectivity index (χ4v) is 5.89. The lowest BCUT2D eigenvalue weighted by atomic mass is 10.1. The number of halogens is 1. The summed E-state index contributed by atoms with van der Waals surface area (Å²) in [6, 6.07) is 19.7. The molecule has 0 saturated heterocycles. The molecule has 7 nitrogen and oxygen atoms in total. The molecule has 1 amide bonds. The van der Waals surface area contributed by atoms with Crippen molar-refractivity contribution in [2.75, 3.05) is 19.0 Å². The molecule has 0 aliphatic carbocycles. The number of primary amides is 1. The SMILES string of the molecule is Cc1cc(OCCCc2c(C(N)=O)n(S(=O)(=O)CCOc3ccccc3)c3ccccc23)cc(C)c1Cl. The first-order valence-corrected chi connectivity index (χ1v) is 13.9. The van der Waals surface area contributed by atoms with Crippen molar-refractivity contribution in [2.24, 2.45) is 5.73 Å². The van der Waals surface area contributed by atoms with Gasteiger partial charge < -0.3 is 15.2 Å². The molecule has 9 heteroatoms. The average molecular weight is 541 g/mol. The number of aromatic nitrogens is 1. The zero-order valence-corrected chi connectivity index (χ0v) is 22.3. The molecule has 2 N–H and O–H groups in total. The van der Waals surface area contributed by atoms with Gasteiger partial charge in [-0.15, -0.1) is 0 Å². The van der Waals surface area contributed by atoms with Crippen LogP contribution in [-0.2, 0) is 16.4 Å². The third-order valence-electron chi connectivity index (χ3n) is 6.05. The monoisotopic (exact) mass is 540 g/mol. The largest absolute Gasteiger partial charge is 0.494 e. The maximum absolute atomic E-state index is 13.4. The van der Waals surface area contributed by atoms with E-state index in [1.54, 1.807) is 42.5 Å². The molecule has 0 unspecified atom stereocenters. The Labute approximate surface area is 221 Å². The zero-order chi connectivity index (χ0) is 26.6. The highest BCUT2D eigenvalue weighted by molar-refractivity contribution is 7.90. The summed E-state index contributed by atoms with van der Waals surface area (Å²) >= 11 is 6.24. The predicted molar refractivity (Wildman–Crippen MR) is 146 cm³/mol. The van der Waals surface area contributed by atoms with E-state index >= 15 is 0 Å². The number of benzene rings is 3. The molecule has 0 spiro atoms. The lowest BCUT2D eigenvalue weighted by Gasteiger charge is -2.12. The van der Waals surface area contributed by atoms with Crippen molar-refractivity contribution in [3.8, 4) is 11.5 Å². The molecule has 37 heavy (non-hydrogen) atoms. The molecular weight excluding hydrogens is 512 g/mol. The van der Waals surface area contributed by atoms with E-state index in [0.29, 0.717) is 52.4 Å². The summed E-state index contributed by atoms with van der Waals surface area (Å²) < 4.78 is 39.4. The van der Waals surface area contributed by atoms with E-state index in [4.69, 9.17) is 26.8 Å². The first kappa shape index (κ1) is 26.6. The van der Waals surface area contributed by atoms with Gasteiger partial charge in [0.25, 0.3) is 5.91 Å². The summed E-state index contributed by atoms with van der Waals surface area (Å²) in [6.45, 7) is 4.14. The van der Waals surface area contributed by atoms with Gasteiger partial charge in [0.2, 0.25) is 10.0 Å². The van der Waals surface area contributed by atoms with E-state index in [0.717, 1.165) is 15.1 Å². The Morgan fingerprint density at radius 1 is 0.919 bits per heavy atom. The Kier molecular flexibility index (Phi) is 8.10. The second-order valence-electron chi connectivity index (χ2n) is 8.77. The van der Waals surface area contributed by atoms with Gasteiger partial charge in [0.15, 0.2) is 0 Å². The topological polar surface area (TPSA) is 101 Å². The number of rotatable bonds is 11. The Hall–Kier alpha value is -3.49. The molecule has 4 aromatic rings. The van der Waals surface area contributed by atoms with Crippen molar-refractivity contribution in [3.05, 3.63) is 94.1 Å². The lowest BCUT2D eigenvalue weighted by molar-refractivity contribution is 0.0993. The highest BCUT2D eigenvalue weighted by atomic mass is 35.5. The molecule has 0 fully saturated rings. The van der Waals surface area contributed by atoms with Crippen LogP contribution >= 0.6 is 11.6 Å². The second kappa shape index (κ2) is 11.3. The van der Waals surface area contributed by atoms with Gasteiger partial charge in [-0.25, -0.2) is 12.4 Å². The number of aryl methyl sites for hydroxylation is 3. The first-order valence-electron chi connectivity index (χ1n) is 11.9. The number of nitrogens with two attached hydrogens (primary N) is 1. The van der Waals surface area contributed by atoms with Crippen molar-refractivity contribution in [1.29, 1.82) is 0 Å². The fourth-order valence-electron chi connectivity index (χ4n) is 4.37. The van der Waals surface area contributed by atoms with Gasteiger partial charge in [-0.05, 0) is 73.7 Å². The Balaban J connectivity index is 1.56. The van der Waals surface area contributed by atoms with Crippen LogP contribution in [0.15, 0.2) is 66.7 Å². The summed E-state index contributed by atoms with van der Waals surface area (Å²) in [7, 11) is -3.95. The van der Waals surface area contributed by atoms with E-state index in [1.807, 2.05) is 38.1 Å². The van der Waals surface area contributed by atoms with Crippen LogP contribution in [0.2, 0.25) is 5.02 Å². The summed E-state index contributed by atoms with van der Waals surface area (Å²) in [5, 5.41) is 1.38. The molecule has 0 radical (unpaired) electrons. The fraction of sp³-hybridized carbons (Fsp3) is 0.250. The number of carbonyl (C=O) groups is 1. The molecule has 0 saturated carbocycles. The van der Waals surface area contributed by atoms with Crippen molar-refractivity contribution in [2.45, 2.75) is 26.7 Å². The van der Waals surface area contributed by atoms with Crippen molar-refractivity contribution in [3.63, 3.8) is 0 Å². The van der Waals surface area contributed by atoms with E-state index in [-0.39, 0.29) is 18.1 Å². The molecule has 1 heterocycles. The van der Waals surface area contributed by atoms with Crippen LogP contribution < -0.4 is 15.2 Å². The van der Waals surface area contributed by atoms with E-state index < -0.39 is 15.9 Å². The van der Waals surface area contributed by atoms with E-state index in [2.05, 4.69) is 0 Å². The van der Waals surface area contributed by atoms with E-state index in [9.17, 15) is 13.2 Å². The smallest absolute Gasteiger partial charge is 0.266 e. The van der Waals surface area contributed by atoms with Crippen LogP contribution in [0.3, 0.4) is 0 Å². The quantitative estimate of drug-likeness (QED) is 0.261. The molecule has 0 atom stereocenters. The zero-order valence-electron chi connectivity index (χ0n) is 20.7. The van der Waals surface area contributed by atoms with Gasteiger partial charge in [0, 0.05) is 10.4 Å². The number of amides is 1. The van der Waals surface area contributed by atoms with E-state index in [1.165, 1.54) is 0 Å². The molecule has 3 aromatic carbocycles. The summed E-state index contributed by atoms with van der Waals surface area (Å²) in [4.78, 5) is 12.6. The van der Waals surface area contributed by atoms with Gasteiger partial charge in [-0.2, -0.15) is 0 Å². The number of nitrogens with zero attached hydrogens (tertiary/aromatic N) is 1. The minimum absolute atomic E-state index is 0.0286. The molecule has 4 rings (SSSR count). The van der Waals surface area contributed by atoms with Gasteiger partial charge in [-0.3, -0.25) is 4.79 Å². The number of carbonyl (C=O) groups excluding carboxylic acids is 1. The number of hydrogen-bond donors (Lipinski definition) is 1. The van der Waals surface area contributed by atoms with Gasteiger partial charge in [-0.1, -0.05) is 48.0 Å². The summed E-state index contributed by atoms with van der Waals surface area (Å²) in [5.41, 5.74) is 8.57. The minimum atomic E-state index is -3.95. The number of hydrogen-bond acceptors (Lipinski definition) is 5. The molecular formula is C28H29ClN2O5S. The highest BCUT2D eigenvalue weighted by Gasteiger charge is 2.28. The maximum Gasteiger partial charge on any atom is 0.266 e. The van der Waals surface area contributed by atoms with Crippen LogP contribution in [0.25, 0.3) is 10.9 Å². The predicted octanol–water partition coefficient (Wildman–Crippen LogP) is 5.28.